The van der Waals surface area contributed by atoms with Crippen LogP contribution in [0.2, 0.25) is 0 Å². The molecule has 7 N–H and O–H groups in total. The molecule has 1 heterocycles. The Kier molecular flexibility index (Phi) is 3.23. The Balaban J connectivity index is 2.39. The number of ether oxygens (including phenoxy) is 1. The number of rotatable bonds is 1. The van der Waals surface area contributed by atoms with Crippen molar-refractivity contribution in [1.82, 2.24) is 0 Å². The third-order valence-corrected chi connectivity index (χ3v) is 2.37. The lowest BCUT2D eigenvalue weighted by molar-refractivity contribution is -0.118. The highest BCUT2D eigenvalue weighted by Gasteiger charge is 2.18. The first kappa shape index (κ1) is 12.7. The van der Waals surface area contributed by atoms with E-state index >= 15 is 0 Å². The van der Waals surface area contributed by atoms with Gasteiger partial charge in [-0.3, -0.25) is 4.79 Å². The molecule has 0 spiro atoms. The summed E-state index contributed by atoms with van der Waals surface area (Å²) < 4.78 is 5.33. The molecule has 1 amide bonds. The molecule has 0 saturated carbocycles. The zero-order valence-electron chi connectivity index (χ0n) is 10.3. The Hall–Kier alpha value is -2.77. The van der Waals surface area contributed by atoms with Crippen molar-refractivity contribution < 1.29 is 9.53 Å². The second-order valence-corrected chi connectivity index (χ2v) is 3.98. The number of nitrogens with zero attached hydrogens (tertiary/aromatic N) is 2. The largest absolute Gasteiger partial charge is 0.481 e. The molecule has 0 fully saturated rings. The highest BCUT2D eigenvalue weighted by atomic mass is 16.5. The van der Waals surface area contributed by atoms with Crippen LogP contribution in [0.1, 0.15) is 5.56 Å². The maximum atomic E-state index is 11.3. The van der Waals surface area contributed by atoms with Crippen LogP contribution in [0.25, 0.3) is 0 Å². The second-order valence-electron chi connectivity index (χ2n) is 3.98. The van der Waals surface area contributed by atoms with Crippen molar-refractivity contribution in [3.8, 4) is 5.75 Å². The molecule has 1 aliphatic heterocycles. The van der Waals surface area contributed by atoms with Crippen LogP contribution < -0.4 is 27.3 Å². The van der Waals surface area contributed by atoms with Crippen molar-refractivity contribution in [2.75, 3.05) is 11.9 Å². The lowest BCUT2D eigenvalue weighted by atomic mass is 10.1. The van der Waals surface area contributed by atoms with Crippen molar-refractivity contribution in [1.29, 1.82) is 0 Å². The molecule has 1 aromatic carbocycles. The highest BCUT2D eigenvalue weighted by Crippen LogP contribution is 2.35. The van der Waals surface area contributed by atoms with Gasteiger partial charge in [0.1, 0.15) is 5.75 Å². The van der Waals surface area contributed by atoms with Gasteiger partial charge in [-0.25, -0.2) is 4.99 Å². The molecule has 8 nitrogen and oxygen atoms in total. The summed E-state index contributed by atoms with van der Waals surface area (Å²) in [6.07, 6.45) is 0. The molecule has 0 radical (unpaired) electrons. The van der Waals surface area contributed by atoms with Gasteiger partial charge in [-0.1, -0.05) is 0 Å². The highest BCUT2D eigenvalue weighted by molar-refractivity contribution is 5.97. The van der Waals surface area contributed by atoms with E-state index in [0.29, 0.717) is 17.1 Å². The van der Waals surface area contributed by atoms with E-state index in [4.69, 9.17) is 21.9 Å². The Morgan fingerprint density at radius 1 is 1.37 bits per heavy atom. The van der Waals surface area contributed by atoms with Crippen LogP contribution in [0.5, 0.6) is 5.75 Å². The van der Waals surface area contributed by atoms with Gasteiger partial charge >= 0.3 is 0 Å². The zero-order valence-corrected chi connectivity index (χ0v) is 10.3. The minimum absolute atomic E-state index is 0.00654. The number of nitrogens with two attached hydrogens (primary N) is 3. The van der Waals surface area contributed by atoms with Gasteiger partial charge in [0.15, 0.2) is 12.6 Å². The summed E-state index contributed by atoms with van der Waals surface area (Å²) in [7, 11) is 0. The number of amides is 1. The number of anilines is 1. The zero-order chi connectivity index (χ0) is 14.0. The summed E-state index contributed by atoms with van der Waals surface area (Å²) in [5.41, 5.74) is 17.8. The van der Waals surface area contributed by atoms with Gasteiger partial charge in [-0.2, -0.15) is 4.99 Å². The van der Waals surface area contributed by atoms with E-state index < -0.39 is 0 Å². The predicted octanol–water partition coefficient (Wildman–Crippen LogP) is -0.454. The van der Waals surface area contributed by atoms with Gasteiger partial charge in [-0.15, -0.1) is 0 Å². The number of nitrogens with one attached hydrogen (secondary N) is 1. The number of fused-ring (bicyclic) bond motifs is 1. The number of carbonyl (C=O) groups excluding carboxylic acids is 1. The molecule has 0 unspecified atom stereocenters. The standard InChI is InChI=1S/C11H14N6O2/c1-5-2-6(15-11(14)17-10(12)13)3-7-9(5)19-4-8(18)16-7/h2-3H,4H2,1H3,(H,16,18)(H6,12,13,14,15,17). The average Bonchev–Trinajstić information content (AvgIpc) is 2.26. The van der Waals surface area contributed by atoms with E-state index in [9.17, 15) is 4.79 Å². The Morgan fingerprint density at radius 2 is 2.11 bits per heavy atom. The summed E-state index contributed by atoms with van der Waals surface area (Å²) in [4.78, 5) is 18.9. The Labute approximate surface area is 109 Å². The molecule has 2 rings (SSSR count). The smallest absolute Gasteiger partial charge is 0.262 e. The van der Waals surface area contributed by atoms with Crippen LogP contribution in [0.4, 0.5) is 11.4 Å². The molecular formula is C11H14N6O2. The monoisotopic (exact) mass is 262 g/mol. The van der Waals surface area contributed by atoms with E-state index in [1.807, 2.05) is 6.92 Å². The van der Waals surface area contributed by atoms with Gasteiger partial charge in [0.2, 0.25) is 5.96 Å². The molecular weight excluding hydrogens is 248 g/mol. The van der Waals surface area contributed by atoms with Crippen LogP contribution in [0, 0.1) is 6.92 Å². The molecule has 0 saturated heterocycles. The van der Waals surface area contributed by atoms with E-state index in [1.54, 1.807) is 12.1 Å². The molecule has 0 aromatic heterocycles. The molecule has 8 heteroatoms. The average molecular weight is 262 g/mol. The van der Waals surface area contributed by atoms with Crippen LogP contribution in [0.15, 0.2) is 22.1 Å². The maximum absolute atomic E-state index is 11.3. The van der Waals surface area contributed by atoms with E-state index in [1.165, 1.54) is 0 Å². The minimum atomic E-state index is -0.217. The van der Waals surface area contributed by atoms with Gasteiger partial charge < -0.3 is 27.3 Å². The summed E-state index contributed by atoms with van der Waals surface area (Å²) in [6.45, 7) is 1.85. The summed E-state index contributed by atoms with van der Waals surface area (Å²) in [5.74, 6) is 0.166. The predicted molar refractivity (Wildman–Crippen MR) is 72.4 cm³/mol. The fraction of sp³-hybridized carbons (Fsp3) is 0.182. The van der Waals surface area contributed by atoms with Crippen LogP contribution >= 0.6 is 0 Å². The summed E-state index contributed by atoms with van der Waals surface area (Å²) in [6, 6.07) is 3.39. The van der Waals surface area contributed by atoms with Crippen molar-refractivity contribution in [2.24, 2.45) is 27.2 Å². The first-order valence-electron chi connectivity index (χ1n) is 5.47. The van der Waals surface area contributed by atoms with Gasteiger partial charge in [0, 0.05) is 0 Å². The van der Waals surface area contributed by atoms with Crippen LogP contribution in [-0.2, 0) is 4.79 Å². The van der Waals surface area contributed by atoms with E-state index in [2.05, 4.69) is 15.3 Å². The topological polar surface area (TPSA) is 141 Å². The lowest BCUT2D eigenvalue weighted by Gasteiger charge is -2.20. The number of aryl methyl sites for hydroxylation is 1. The van der Waals surface area contributed by atoms with Crippen LogP contribution in [0.3, 0.4) is 0 Å². The van der Waals surface area contributed by atoms with E-state index in [-0.39, 0.29) is 24.4 Å². The summed E-state index contributed by atoms with van der Waals surface area (Å²) >= 11 is 0. The maximum Gasteiger partial charge on any atom is 0.262 e. The number of carbonyl (C=O) groups is 1. The summed E-state index contributed by atoms with van der Waals surface area (Å²) in [5, 5.41) is 2.70. The Bertz CT molecular complexity index is 589. The third kappa shape index (κ3) is 2.92. The fourth-order valence-corrected chi connectivity index (χ4v) is 1.72. The number of benzene rings is 1. The first-order valence-corrected chi connectivity index (χ1v) is 5.47. The molecule has 1 aliphatic rings. The first-order chi connectivity index (χ1) is 8.95. The normalized spacial score (nSPS) is 14.2. The Morgan fingerprint density at radius 3 is 2.79 bits per heavy atom. The van der Waals surface area contributed by atoms with Gasteiger partial charge in [0.05, 0.1) is 11.4 Å². The molecule has 1 aromatic rings. The second kappa shape index (κ2) is 4.84. The number of hydrogen-bond donors (Lipinski definition) is 4. The number of hydrogen-bond acceptors (Lipinski definition) is 3. The fourth-order valence-electron chi connectivity index (χ4n) is 1.72. The SMILES string of the molecule is Cc1cc(N=C(N)N=C(N)N)cc2c1OCC(=O)N2. The minimum Gasteiger partial charge on any atom is -0.481 e. The van der Waals surface area contributed by atoms with Crippen molar-refractivity contribution in [3.05, 3.63) is 17.7 Å². The lowest BCUT2D eigenvalue weighted by Crippen LogP contribution is -2.26. The van der Waals surface area contributed by atoms with E-state index in [0.717, 1.165) is 5.56 Å². The van der Waals surface area contributed by atoms with Crippen molar-refractivity contribution >= 4 is 29.2 Å². The molecule has 19 heavy (non-hydrogen) atoms. The number of aliphatic imine (C=N–C) groups is 2. The molecule has 0 aliphatic carbocycles. The molecule has 0 bridgehead atoms. The van der Waals surface area contributed by atoms with Gasteiger partial charge in [0.25, 0.3) is 5.91 Å². The van der Waals surface area contributed by atoms with Gasteiger partial charge in [-0.05, 0) is 24.6 Å². The quantitative estimate of drug-likeness (QED) is 0.400. The van der Waals surface area contributed by atoms with Crippen molar-refractivity contribution in [3.63, 3.8) is 0 Å². The van der Waals surface area contributed by atoms with Crippen molar-refractivity contribution in [2.45, 2.75) is 6.92 Å². The molecule has 100 valence electrons. The van der Waals surface area contributed by atoms with Crippen LogP contribution in [-0.4, -0.2) is 24.4 Å². The molecule has 0 atom stereocenters. The third-order valence-electron chi connectivity index (χ3n) is 2.37. The number of guanidine groups is 2.